The van der Waals surface area contributed by atoms with Crippen molar-refractivity contribution in [2.24, 2.45) is 0 Å². The Morgan fingerprint density at radius 3 is 2.95 bits per heavy atom. The van der Waals surface area contributed by atoms with Gasteiger partial charge < -0.3 is 9.51 Å². The fraction of sp³-hybridized carbons (Fsp3) is 0.0769. The Balaban J connectivity index is 2.17. The predicted molar refractivity (Wildman–Crippen MR) is 74.3 cm³/mol. The van der Waals surface area contributed by atoms with Gasteiger partial charge in [0.15, 0.2) is 5.15 Å². The number of hydrogen-bond donors (Lipinski definition) is 1. The Kier molecular flexibility index (Phi) is 3.00. The molecule has 0 spiro atoms. The minimum absolute atomic E-state index is 0.164. The van der Waals surface area contributed by atoms with Crippen molar-refractivity contribution in [3.63, 3.8) is 0 Å². The highest BCUT2D eigenvalue weighted by atomic mass is 35.5. The average Bonchev–Trinajstić information content (AvgIpc) is 2.99. The molecule has 0 aliphatic carbocycles. The van der Waals surface area contributed by atoms with Gasteiger partial charge in [0.1, 0.15) is 5.82 Å². The predicted octanol–water partition coefficient (Wildman–Crippen LogP) is 3.34. The smallest absolute Gasteiger partial charge is 0.337 e. The number of nitrogens with zero attached hydrogens (tertiary/aromatic N) is 2. The highest BCUT2D eigenvalue weighted by molar-refractivity contribution is 7.09. The van der Waals surface area contributed by atoms with Crippen LogP contribution >= 0.6 is 22.9 Å². The van der Waals surface area contributed by atoms with Crippen LogP contribution in [0.5, 0.6) is 0 Å². The van der Waals surface area contributed by atoms with Gasteiger partial charge in [-0.05, 0) is 23.6 Å². The van der Waals surface area contributed by atoms with Crippen molar-refractivity contribution in [3.8, 4) is 0 Å². The quantitative estimate of drug-likeness (QED) is 0.805. The maximum Gasteiger partial charge on any atom is 0.337 e. The molecule has 3 aromatic heterocycles. The van der Waals surface area contributed by atoms with Crippen LogP contribution in [0.15, 0.2) is 35.8 Å². The maximum atomic E-state index is 11.2. The molecule has 0 radical (unpaired) electrons. The molecule has 96 valence electrons. The zero-order valence-corrected chi connectivity index (χ0v) is 11.3. The van der Waals surface area contributed by atoms with E-state index in [9.17, 15) is 9.90 Å². The number of thiophene rings is 1. The van der Waals surface area contributed by atoms with E-state index in [0.29, 0.717) is 11.9 Å². The molecule has 0 aliphatic heterocycles. The van der Waals surface area contributed by atoms with Gasteiger partial charge in [0.2, 0.25) is 0 Å². The second-order valence-corrected chi connectivity index (χ2v) is 5.41. The summed E-state index contributed by atoms with van der Waals surface area (Å²) >= 11 is 7.71. The van der Waals surface area contributed by atoms with Gasteiger partial charge in [-0.1, -0.05) is 17.7 Å². The third-order valence-corrected chi connectivity index (χ3v) is 3.98. The lowest BCUT2D eigenvalue weighted by Gasteiger charge is -2.02. The number of carbonyl (C=O) groups is 1. The first-order chi connectivity index (χ1) is 9.16. The number of imidazole rings is 1. The van der Waals surface area contributed by atoms with Gasteiger partial charge in [0.05, 0.1) is 11.1 Å². The maximum absolute atomic E-state index is 11.2. The number of carboxylic acids is 1. The molecular weight excluding hydrogens is 284 g/mol. The van der Waals surface area contributed by atoms with Crippen LogP contribution in [0.4, 0.5) is 0 Å². The summed E-state index contributed by atoms with van der Waals surface area (Å²) in [5.41, 5.74) is 0.612. The lowest BCUT2D eigenvalue weighted by atomic mass is 10.2. The average molecular weight is 293 g/mol. The van der Waals surface area contributed by atoms with Gasteiger partial charge in [-0.25, -0.2) is 9.78 Å². The normalized spacial score (nSPS) is 11.0. The highest BCUT2D eigenvalue weighted by Gasteiger charge is 2.17. The molecule has 0 amide bonds. The number of pyridine rings is 1. The van der Waals surface area contributed by atoms with E-state index in [-0.39, 0.29) is 10.7 Å². The van der Waals surface area contributed by atoms with Crippen molar-refractivity contribution >= 4 is 34.4 Å². The fourth-order valence-corrected chi connectivity index (χ4v) is 3.01. The molecule has 0 aromatic carbocycles. The van der Waals surface area contributed by atoms with E-state index in [2.05, 4.69) is 4.98 Å². The lowest BCUT2D eigenvalue weighted by molar-refractivity contribution is 0.0698. The molecule has 1 N–H and O–H groups in total. The number of fused-ring (bicyclic) bond motifs is 1. The Hall–Kier alpha value is -1.85. The molecule has 0 fully saturated rings. The summed E-state index contributed by atoms with van der Waals surface area (Å²) in [4.78, 5) is 16.6. The van der Waals surface area contributed by atoms with E-state index >= 15 is 0 Å². The summed E-state index contributed by atoms with van der Waals surface area (Å²) in [7, 11) is 0. The van der Waals surface area contributed by atoms with Crippen molar-refractivity contribution in [3.05, 3.63) is 57.3 Å². The minimum atomic E-state index is -1.00. The van der Waals surface area contributed by atoms with Crippen LogP contribution < -0.4 is 0 Å². The summed E-state index contributed by atoms with van der Waals surface area (Å²) in [6.45, 7) is 0. The first-order valence-electron chi connectivity index (χ1n) is 5.58. The van der Waals surface area contributed by atoms with E-state index in [0.717, 1.165) is 10.7 Å². The van der Waals surface area contributed by atoms with Gasteiger partial charge >= 0.3 is 5.97 Å². The molecule has 0 atom stereocenters. The van der Waals surface area contributed by atoms with Gasteiger partial charge in [0, 0.05) is 17.5 Å². The Morgan fingerprint density at radius 1 is 1.42 bits per heavy atom. The molecule has 19 heavy (non-hydrogen) atoms. The van der Waals surface area contributed by atoms with Gasteiger partial charge in [0.25, 0.3) is 0 Å². The van der Waals surface area contributed by atoms with Crippen LogP contribution in [0.3, 0.4) is 0 Å². The molecule has 0 unspecified atom stereocenters. The summed E-state index contributed by atoms with van der Waals surface area (Å²) in [5, 5.41) is 11.4. The Labute approximate surface area is 117 Å². The largest absolute Gasteiger partial charge is 0.478 e. The monoisotopic (exact) mass is 292 g/mol. The Bertz CT molecular complexity index is 749. The molecule has 0 aliphatic rings. The molecule has 6 heteroatoms. The number of rotatable bonds is 3. The summed E-state index contributed by atoms with van der Waals surface area (Å²) in [6.07, 6.45) is 2.41. The van der Waals surface area contributed by atoms with Crippen LogP contribution in [0.2, 0.25) is 5.15 Å². The van der Waals surface area contributed by atoms with Crippen LogP contribution in [-0.2, 0) is 6.42 Å². The molecule has 4 nitrogen and oxygen atoms in total. The molecule has 3 heterocycles. The van der Waals surface area contributed by atoms with Crippen LogP contribution in [0.25, 0.3) is 5.52 Å². The van der Waals surface area contributed by atoms with Crippen molar-refractivity contribution in [1.29, 1.82) is 0 Å². The standard InChI is InChI=1S/C13H9ClN2O2S/c14-12-11-9(13(17)18)4-1-5-16(11)10(15-12)7-8-3-2-6-19-8/h1-6H,7H2,(H,17,18). The third kappa shape index (κ3) is 2.11. The van der Waals surface area contributed by atoms with Crippen LogP contribution in [0.1, 0.15) is 21.1 Å². The fourth-order valence-electron chi connectivity index (χ4n) is 2.02. The van der Waals surface area contributed by atoms with Gasteiger partial charge in [-0.3, -0.25) is 0 Å². The number of carboxylic acid groups (broad SMARTS) is 1. The van der Waals surface area contributed by atoms with Crippen LogP contribution in [-0.4, -0.2) is 20.5 Å². The zero-order valence-electron chi connectivity index (χ0n) is 9.71. The number of halogens is 1. The van der Waals surface area contributed by atoms with E-state index < -0.39 is 5.97 Å². The molecule has 0 saturated carbocycles. The Morgan fingerprint density at radius 2 is 2.26 bits per heavy atom. The van der Waals surface area contributed by atoms with E-state index in [1.54, 1.807) is 28.0 Å². The van der Waals surface area contributed by atoms with Crippen molar-refractivity contribution < 1.29 is 9.90 Å². The second-order valence-electron chi connectivity index (χ2n) is 4.02. The third-order valence-electron chi connectivity index (χ3n) is 2.84. The molecule has 3 aromatic rings. The topological polar surface area (TPSA) is 54.6 Å². The second kappa shape index (κ2) is 4.68. The number of hydrogen-bond acceptors (Lipinski definition) is 3. The first kappa shape index (κ1) is 12.2. The van der Waals surface area contributed by atoms with E-state index in [4.69, 9.17) is 11.6 Å². The summed E-state index contributed by atoms with van der Waals surface area (Å²) in [6, 6.07) is 7.20. The van der Waals surface area contributed by atoms with E-state index in [1.807, 2.05) is 17.5 Å². The summed E-state index contributed by atoms with van der Waals surface area (Å²) < 4.78 is 1.74. The molecule has 3 rings (SSSR count). The highest BCUT2D eigenvalue weighted by Crippen LogP contribution is 2.24. The zero-order chi connectivity index (χ0) is 13.4. The van der Waals surface area contributed by atoms with Crippen molar-refractivity contribution in [2.75, 3.05) is 0 Å². The SMILES string of the molecule is O=C(O)c1cccn2c(Cc3cccs3)nc(Cl)c12. The van der Waals surface area contributed by atoms with Gasteiger partial charge in [-0.2, -0.15) is 0 Å². The van der Waals surface area contributed by atoms with Gasteiger partial charge in [-0.15, -0.1) is 11.3 Å². The minimum Gasteiger partial charge on any atom is -0.478 e. The molecular formula is C13H9ClN2O2S. The lowest BCUT2D eigenvalue weighted by Crippen LogP contribution is -2.01. The molecule has 0 bridgehead atoms. The van der Waals surface area contributed by atoms with E-state index in [1.165, 1.54) is 6.07 Å². The van der Waals surface area contributed by atoms with Crippen molar-refractivity contribution in [1.82, 2.24) is 9.38 Å². The summed E-state index contributed by atoms with van der Waals surface area (Å²) in [5.74, 6) is -0.263. The number of aromatic carboxylic acids is 1. The first-order valence-corrected chi connectivity index (χ1v) is 6.83. The van der Waals surface area contributed by atoms with Crippen molar-refractivity contribution in [2.45, 2.75) is 6.42 Å². The number of aromatic nitrogens is 2. The molecule has 0 saturated heterocycles. The van der Waals surface area contributed by atoms with Crippen LogP contribution in [0, 0.1) is 0 Å².